The molecule has 7 heteroatoms. The van der Waals surface area contributed by atoms with Gasteiger partial charge in [-0.05, 0) is 35.1 Å². The Morgan fingerprint density at radius 3 is 1.97 bits per heavy atom. The van der Waals surface area contributed by atoms with Crippen molar-refractivity contribution in [2.45, 2.75) is 25.3 Å². The van der Waals surface area contributed by atoms with Gasteiger partial charge >= 0.3 is 5.97 Å². The third kappa shape index (κ3) is 7.77. The van der Waals surface area contributed by atoms with E-state index >= 15 is 0 Å². The van der Waals surface area contributed by atoms with E-state index < -0.39 is 31.1 Å². The molecule has 0 heterocycles. The minimum atomic E-state index is -3.64. The third-order valence-electron chi connectivity index (χ3n) is 5.84. The van der Waals surface area contributed by atoms with Crippen molar-refractivity contribution in [2.75, 3.05) is 12.3 Å². The topological polar surface area (TPSA) is 118 Å². The third-order valence-corrected chi connectivity index (χ3v) is 7.77. The van der Waals surface area contributed by atoms with Gasteiger partial charge in [0.25, 0.3) is 0 Å². The van der Waals surface area contributed by atoms with Crippen molar-refractivity contribution >= 4 is 19.1 Å². The maximum Gasteiger partial charge on any atom is 0.320 e. The zero-order chi connectivity index (χ0) is 24.6. The highest BCUT2D eigenvalue weighted by molar-refractivity contribution is 7.58. The van der Waals surface area contributed by atoms with Gasteiger partial charge in [0, 0.05) is 24.7 Å². The van der Waals surface area contributed by atoms with Crippen LogP contribution in [0.25, 0.3) is 11.1 Å². The first-order valence-corrected chi connectivity index (χ1v) is 13.3. The molecule has 0 aromatic heterocycles. The minimum Gasteiger partial charge on any atom is -0.480 e. The van der Waals surface area contributed by atoms with Crippen LogP contribution in [-0.2, 0) is 27.0 Å². The molecule has 178 valence electrons. The average Bonchev–Trinajstić information content (AvgIpc) is 2.84. The van der Waals surface area contributed by atoms with Gasteiger partial charge in [-0.3, -0.25) is 14.2 Å². The number of ketones is 1. The lowest BCUT2D eigenvalue weighted by atomic mass is 9.92. The van der Waals surface area contributed by atoms with Crippen LogP contribution in [0.5, 0.6) is 0 Å². The second kappa shape index (κ2) is 11.9. The number of aliphatic carboxylic acids is 1. The summed E-state index contributed by atoms with van der Waals surface area (Å²) in [6.07, 6.45) is 0.150. The predicted octanol–water partition coefficient (Wildman–Crippen LogP) is 4.40. The number of carboxylic acid groups (broad SMARTS) is 1. The Morgan fingerprint density at radius 2 is 1.38 bits per heavy atom. The Bertz CT molecular complexity index is 1130. The first-order valence-electron chi connectivity index (χ1n) is 11.2. The van der Waals surface area contributed by atoms with Crippen LogP contribution in [0.2, 0.25) is 0 Å². The molecular weight excluding hydrogens is 449 g/mol. The molecule has 1 unspecified atom stereocenters. The first kappa shape index (κ1) is 25.6. The normalized spacial score (nSPS) is 14.6. The zero-order valence-electron chi connectivity index (χ0n) is 18.9. The molecule has 0 fully saturated rings. The zero-order valence-corrected chi connectivity index (χ0v) is 19.8. The Kier molecular flexibility index (Phi) is 8.94. The van der Waals surface area contributed by atoms with Crippen molar-refractivity contribution in [3.63, 3.8) is 0 Å². The van der Waals surface area contributed by atoms with Crippen LogP contribution in [0, 0.1) is 5.92 Å². The molecule has 3 aromatic carbocycles. The summed E-state index contributed by atoms with van der Waals surface area (Å²) in [5.41, 5.74) is 9.45. The van der Waals surface area contributed by atoms with E-state index in [0.717, 1.165) is 22.3 Å². The lowest BCUT2D eigenvalue weighted by Crippen LogP contribution is -2.35. The van der Waals surface area contributed by atoms with Crippen LogP contribution in [0.4, 0.5) is 0 Å². The number of aryl methyl sites for hydroxylation is 1. The van der Waals surface area contributed by atoms with Gasteiger partial charge in [-0.2, -0.15) is 0 Å². The van der Waals surface area contributed by atoms with Gasteiger partial charge in [-0.15, -0.1) is 0 Å². The fourth-order valence-corrected chi connectivity index (χ4v) is 5.70. The maximum atomic E-state index is 13.0. The van der Waals surface area contributed by atoms with Crippen LogP contribution >= 0.6 is 7.37 Å². The molecule has 34 heavy (non-hydrogen) atoms. The summed E-state index contributed by atoms with van der Waals surface area (Å²) < 4.78 is 13.0. The molecule has 0 aliphatic carbocycles. The van der Waals surface area contributed by atoms with Crippen LogP contribution < -0.4 is 5.73 Å². The predicted molar refractivity (Wildman–Crippen MR) is 134 cm³/mol. The molecule has 0 saturated carbocycles. The SMILES string of the molecule is N[C@@H](CC(=O)[C@@H](Cc1ccc(-c2ccccc2)cc1)CP(=O)(O)CCc1ccccc1)C(=O)O. The van der Waals surface area contributed by atoms with Crippen molar-refractivity contribution in [3.05, 3.63) is 96.1 Å². The quantitative estimate of drug-likeness (QED) is 0.332. The van der Waals surface area contributed by atoms with Crippen molar-refractivity contribution in [1.29, 1.82) is 0 Å². The number of carbonyl (C=O) groups is 2. The maximum absolute atomic E-state index is 13.0. The molecule has 0 amide bonds. The second-order valence-corrected chi connectivity index (χ2v) is 11.1. The summed E-state index contributed by atoms with van der Waals surface area (Å²) in [6.45, 7) is 0. The van der Waals surface area contributed by atoms with E-state index in [1.165, 1.54) is 0 Å². The number of carboxylic acids is 1. The van der Waals surface area contributed by atoms with Gasteiger partial charge in [0.05, 0.1) is 0 Å². The highest BCUT2D eigenvalue weighted by atomic mass is 31.2. The summed E-state index contributed by atoms with van der Waals surface area (Å²) in [5, 5.41) is 9.10. The van der Waals surface area contributed by atoms with E-state index in [4.69, 9.17) is 10.8 Å². The van der Waals surface area contributed by atoms with Crippen LogP contribution in [0.1, 0.15) is 17.5 Å². The summed E-state index contributed by atoms with van der Waals surface area (Å²) in [5.74, 6) is -2.47. The number of nitrogens with two attached hydrogens (primary N) is 1. The molecular formula is C27H30NO5P. The van der Waals surface area contributed by atoms with Gasteiger partial charge in [0.2, 0.25) is 7.37 Å². The fourth-order valence-electron chi connectivity index (χ4n) is 3.88. The van der Waals surface area contributed by atoms with Crippen molar-refractivity contribution in [2.24, 2.45) is 11.7 Å². The fraction of sp³-hybridized carbons (Fsp3) is 0.259. The molecule has 4 N–H and O–H groups in total. The number of hydrogen-bond donors (Lipinski definition) is 3. The summed E-state index contributed by atoms with van der Waals surface area (Å²) >= 11 is 0. The first-order chi connectivity index (χ1) is 16.2. The minimum absolute atomic E-state index is 0.0543. The van der Waals surface area contributed by atoms with Gasteiger partial charge in [0.1, 0.15) is 11.8 Å². The van der Waals surface area contributed by atoms with E-state index in [1.54, 1.807) is 0 Å². The Morgan fingerprint density at radius 1 is 0.824 bits per heavy atom. The van der Waals surface area contributed by atoms with E-state index in [9.17, 15) is 19.0 Å². The average molecular weight is 480 g/mol. The molecule has 0 spiro atoms. The molecule has 3 rings (SSSR count). The summed E-state index contributed by atoms with van der Waals surface area (Å²) in [7, 11) is -3.64. The molecule has 0 aliphatic rings. The van der Waals surface area contributed by atoms with E-state index in [1.807, 2.05) is 84.9 Å². The highest BCUT2D eigenvalue weighted by Crippen LogP contribution is 2.44. The molecule has 0 saturated heterocycles. The largest absolute Gasteiger partial charge is 0.480 e. The number of benzene rings is 3. The molecule has 0 aliphatic heterocycles. The van der Waals surface area contributed by atoms with E-state index in [2.05, 4.69) is 0 Å². The monoisotopic (exact) mass is 479 g/mol. The van der Waals surface area contributed by atoms with E-state index in [0.29, 0.717) is 6.42 Å². The van der Waals surface area contributed by atoms with Crippen molar-refractivity contribution < 1.29 is 24.2 Å². The van der Waals surface area contributed by atoms with Crippen LogP contribution in [0.3, 0.4) is 0 Å². The van der Waals surface area contributed by atoms with Gasteiger partial charge < -0.3 is 15.7 Å². The van der Waals surface area contributed by atoms with Crippen LogP contribution in [-0.4, -0.2) is 40.1 Å². The number of carbonyl (C=O) groups excluding carboxylic acids is 1. The standard InChI is InChI=1S/C27H30NO5P/c28-25(27(30)31)18-26(29)24(19-34(32,33)16-15-20-7-3-1-4-8-20)17-21-11-13-23(14-12-21)22-9-5-2-6-10-22/h1-14,24-25H,15-19,28H2,(H,30,31)(H,32,33)/t24-,25-/m0/s1. The van der Waals surface area contributed by atoms with Crippen molar-refractivity contribution in [1.82, 2.24) is 0 Å². The van der Waals surface area contributed by atoms with Gasteiger partial charge in [-0.1, -0.05) is 84.9 Å². The molecule has 3 aromatic rings. The Labute approximate surface area is 199 Å². The summed E-state index contributed by atoms with van der Waals surface area (Å²) in [6, 6.07) is 25.6. The Hall–Kier alpha value is -3.05. The highest BCUT2D eigenvalue weighted by Gasteiger charge is 2.31. The van der Waals surface area contributed by atoms with Crippen molar-refractivity contribution in [3.8, 4) is 11.1 Å². The smallest absolute Gasteiger partial charge is 0.320 e. The lowest BCUT2D eigenvalue weighted by Gasteiger charge is -2.21. The van der Waals surface area contributed by atoms with Gasteiger partial charge in [-0.25, -0.2) is 0 Å². The molecule has 6 nitrogen and oxygen atoms in total. The Balaban J connectivity index is 1.74. The molecule has 0 bridgehead atoms. The number of rotatable bonds is 12. The summed E-state index contributed by atoms with van der Waals surface area (Å²) in [4.78, 5) is 34.7. The second-order valence-electron chi connectivity index (χ2n) is 8.57. The van der Waals surface area contributed by atoms with E-state index in [-0.39, 0.29) is 25.2 Å². The lowest BCUT2D eigenvalue weighted by molar-refractivity contribution is -0.140. The van der Waals surface area contributed by atoms with Crippen LogP contribution in [0.15, 0.2) is 84.9 Å². The number of hydrogen-bond acceptors (Lipinski definition) is 4. The van der Waals surface area contributed by atoms with Gasteiger partial charge in [0.15, 0.2) is 0 Å². The number of Topliss-reactive ketones (excluding diaryl/α,β-unsaturated/α-hetero) is 1. The molecule has 3 atom stereocenters. The molecule has 0 radical (unpaired) electrons.